The van der Waals surface area contributed by atoms with Crippen LogP contribution in [0.1, 0.15) is 18.4 Å². The Kier molecular flexibility index (Phi) is 7.65. The van der Waals surface area contributed by atoms with Gasteiger partial charge in [-0.1, -0.05) is 30.3 Å². The Labute approximate surface area is 171 Å². The molecule has 0 bridgehead atoms. The first-order valence-electron chi connectivity index (χ1n) is 9.23. The molecule has 0 radical (unpaired) electrons. The summed E-state index contributed by atoms with van der Waals surface area (Å²) in [5.41, 5.74) is 0.149. The average molecular weight is 411 g/mol. The lowest BCUT2D eigenvalue weighted by Crippen LogP contribution is -2.53. The van der Waals surface area contributed by atoms with Gasteiger partial charge in [0.25, 0.3) is 0 Å². The zero-order valence-electron chi connectivity index (χ0n) is 16.0. The lowest BCUT2D eigenvalue weighted by Gasteiger charge is -2.38. The average Bonchev–Trinajstić information content (AvgIpc) is 3.04. The molecule has 3 amide bonds. The van der Waals surface area contributed by atoms with Crippen molar-refractivity contribution in [2.24, 2.45) is 0 Å². The number of piperazine rings is 1. The number of amides is 3. The van der Waals surface area contributed by atoms with Gasteiger partial charge in [-0.05, 0) is 12.0 Å². The Morgan fingerprint density at radius 3 is 2.50 bits per heavy atom. The second-order valence-corrected chi connectivity index (χ2v) is 6.85. The molecule has 1 atom stereocenters. The van der Waals surface area contributed by atoms with Gasteiger partial charge >= 0.3 is 12.0 Å². The molecule has 2 heterocycles. The number of nitrogens with one attached hydrogen (secondary N) is 2. The van der Waals surface area contributed by atoms with E-state index in [1.807, 2.05) is 30.3 Å². The largest absolute Gasteiger partial charge is 0.469 e. The molecule has 0 aromatic heterocycles. The molecule has 154 valence electrons. The van der Waals surface area contributed by atoms with Crippen molar-refractivity contribution in [3.8, 4) is 0 Å². The van der Waals surface area contributed by atoms with E-state index in [-0.39, 0.29) is 43.3 Å². The smallest absolute Gasteiger partial charge is 0.318 e. The fourth-order valence-electron chi connectivity index (χ4n) is 3.76. The minimum Gasteiger partial charge on any atom is -0.469 e. The summed E-state index contributed by atoms with van der Waals surface area (Å²) >= 11 is 0. The minimum atomic E-state index is -0.754. The van der Waals surface area contributed by atoms with Crippen molar-refractivity contribution in [1.29, 1.82) is 0 Å². The van der Waals surface area contributed by atoms with Crippen LogP contribution in [0.3, 0.4) is 0 Å². The maximum Gasteiger partial charge on any atom is 0.318 e. The Morgan fingerprint density at radius 2 is 1.86 bits per heavy atom. The van der Waals surface area contributed by atoms with E-state index >= 15 is 0 Å². The van der Waals surface area contributed by atoms with Gasteiger partial charge in [-0.25, -0.2) is 4.79 Å². The summed E-state index contributed by atoms with van der Waals surface area (Å²) < 4.78 is 4.78. The van der Waals surface area contributed by atoms with E-state index in [0.717, 1.165) is 18.7 Å². The second kappa shape index (κ2) is 9.75. The fraction of sp³-hybridized carbons (Fsp3) is 0.526. The predicted molar refractivity (Wildman–Crippen MR) is 106 cm³/mol. The van der Waals surface area contributed by atoms with Gasteiger partial charge in [0.1, 0.15) is 6.54 Å². The second-order valence-electron chi connectivity index (χ2n) is 6.85. The third kappa shape index (κ3) is 4.56. The molecule has 2 saturated heterocycles. The number of carbonyl (C=O) groups excluding carboxylic acids is 3. The van der Waals surface area contributed by atoms with Gasteiger partial charge in [-0.3, -0.25) is 9.59 Å². The van der Waals surface area contributed by atoms with Gasteiger partial charge in [-0.2, -0.15) is 0 Å². The van der Waals surface area contributed by atoms with Crippen LogP contribution >= 0.6 is 12.4 Å². The van der Waals surface area contributed by atoms with Crippen LogP contribution in [0.25, 0.3) is 0 Å². The van der Waals surface area contributed by atoms with Crippen molar-refractivity contribution in [3.63, 3.8) is 0 Å². The highest BCUT2D eigenvalue weighted by atomic mass is 35.5. The maximum atomic E-state index is 12.8. The van der Waals surface area contributed by atoms with Crippen LogP contribution in [0.4, 0.5) is 4.79 Å². The van der Waals surface area contributed by atoms with Crippen LogP contribution in [-0.4, -0.2) is 74.1 Å². The van der Waals surface area contributed by atoms with E-state index < -0.39 is 5.54 Å². The number of hydrogen-bond acceptors (Lipinski definition) is 5. The molecule has 2 aliphatic heterocycles. The van der Waals surface area contributed by atoms with E-state index in [2.05, 4.69) is 10.6 Å². The monoisotopic (exact) mass is 410 g/mol. The van der Waals surface area contributed by atoms with Gasteiger partial charge in [0.15, 0.2) is 0 Å². The van der Waals surface area contributed by atoms with E-state index in [4.69, 9.17) is 4.74 Å². The molecular weight excluding hydrogens is 384 g/mol. The number of esters is 1. The summed E-state index contributed by atoms with van der Waals surface area (Å²) in [4.78, 5) is 40.5. The van der Waals surface area contributed by atoms with Crippen LogP contribution < -0.4 is 10.6 Å². The summed E-state index contributed by atoms with van der Waals surface area (Å²) in [6, 6.07) is 9.27. The molecule has 2 N–H and O–H groups in total. The fourth-order valence-corrected chi connectivity index (χ4v) is 3.76. The lowest BCUT2D eigenvalue weighted by atomic mass is 9.84. The molecule has 2 aliphatic rings. The zero-order valence-corrected chi connectivity index (χ0v) is 16.8. The van der Waals surface area contributed by atoms with E-state index in [9.17, 15) is 14.4 Å². The number of hydrogen-bond donors (Lipinski definition) is 2. The highest BCUT2D eigenvalue weighted by molar-refractivity contribution is 5.86. The number of methoxy groups -OCH3 is 1. The van der Waals surface area contributed by atoms with Crippen LogP contribution in [0, 0.1) is 0 Å². The Morgan fingerprint density at radius 1 is 1.18 bits per heavy atom. The summed E-state index contributed by atoms with van der Waals surface area (Å²) in [6.07, 6.45) is 0.552. The predicted octanol–water partition coefficient (Wildman–Crippen LogP) is 0.714. The van der Waals surface area contributed by atoms with Crippen molar-refractivity contribution in [2.75, 3.05) is 46.4 Å². The summed E-state index contributed by atoms with van der Waals surface area (Å²) in [5, 5.41) is 6.08. The standard InChI is InChI=1S/C19H26N4O4.ClH/c1-27-17(25)7-8-19(15-5-3-2-4-6-15)14-21-18(26)23(19)13-16(24)22-11-9-20-10-12-22;/h2-6,20H,7-14H2,1H3,(H,21,26);1H. The Hall–Kier alpha value is -2.32. The van der Waals surface area contributed by atoms with E-state index in [1.165, 1.54) is 7.11 Å². The highest BCUT2D eigenvalue weighted by Gasteiger charge is 2.47. The van der Waals surface area contributed by atoms with Crippen molar-refractivity contribution in [2.45, 2.75) is 18.4 Å². The number of rotatable bonds is 6. The number of nitrogens with zero attached hydrogens (tertiary/aromatic N) is 2. The summed E-state index contributed by atoms with van der Waals surface area (Å²) in [6.45, 7) is 3.11. The quantitative estimate of drug-likeness (QED) is 0.674. The van der Waals surface area contributed by atoms with Crippen molar-refractivity contribution in [3.05, 3.63) is 35.9 Å². The molecule has 0 spiro atoms. The van der Waals surface area contributed by atoms with Gasteiger partial charge < -0.3 is 25.2 Å². The molecule has 3 rings (SSSR count). The summed E-state index contributed by atoms with van der Waals surface area (Å²) in [7, 11) is 1.35. The molecule has 2 fully saturated rings. The van der Waals surface area contributed by atoms with Crippen LogP contribution in [0.2, 0.25) is 0 Å². The molecule has 1 aromatic rings. The van der Waals surface area contributed by atoms with Crippen LogP contribution in [-0.2, 0) is 19.9 Å². The first kappa shape index (κ1) is 22.0. The topological polar surface area (TPSA) is 91.0 Å². The molecule has 28 heavy (non-hydrogen) atoms. The van der Waals surface area contributed by atoms with Crippen molar-refractivity contribution in [1.82, 2.24) is 20.4 Å². The first-order chi connectivity index (χ1) is 13.1. The van der Waals surface area contributed by atoms with Crippen molar-refractivity contribution < 1.29 is 19.1 Å². The molecule has 9 heteroatoms. The molecular formula is C19H27ClN4O4. The van der Waals surface area contributed by atoms with E-state index in [1.54, 1.807) is 9.80 Å². The number of carbonyl (C=O) groups is 3. The number of benzene rings is 1. The van der Waals surface area contributed by atoms with E-state index in [0.29, 0.717) is 26.1 Å². The minimum absolute atomic E-state index is 0. The third-order valence-corrected chi connectivity index (χ3v) is 5.34. The maximum absolute atomic E-state index is 12.8. The van der Waals surface area contributed by atoms with Crippen LogP contribution in [0.15, 0.2) is 30.3 Å². The Balaban J connectivity index is 0.00000280. The Bertz CT molecular complexity index is 696. The van der Waals surface area contributed by atoms with Gasteiger partial charge in [0.2, 0.25) is 5.91 Å². The van der Waals surface area contributed by atoms with Crippen LogP contribution in [0.5, 0.6) is 0 Å². The van der Waals surface area contributed by atoms with Gasteiger partial charge in [0, 0.05) is 39.1 Å². The first-order valence-corrected chi connectivity index (χ1v) is 9.23. The number of ether oxygens (including phenoxy) is 1. The van der Waals surface area contributed by atoms with Crippen molar-refractivity contribution >= 4 is 30.3 Å². The molecule has 1 aromatic carbocycles. The zero-order chi connectivity index (χ0) is 19.3. The molecule has 8 nitrogen and oxygen atoms in total. The number of urea groups is 1. The van der Waals surface area contributed by atoms with Gasteiger partial charge in [0.05, 0.1) is 12.6 Å². The molecule has 0 aliphatic carbocycles. The normalized spacial score (nSPS) is 21.7. The molecule has 1 unspecified atom stereocenters. The highest BCUT2D eigenvalue weighted by Crippen LogP contribution is 2.36. The van der Waals surface area contributed by atoms with Gasteiger partial charge in [-0.15, -0.1) is 12.4 Å². The molecule has 0 saturated carbocycles. The summed E-state index contributed by atoms with van der Waals surface area (Å²) in [5.74, 6) is -0.412. The number of halogens is 1. The lowest BCUT2D eigenvalue weighted by molar-refractivity contribution is -0.141. The SMILES string of the molecule is COC(=O)CCC1(c2ccccc2)CNC(=O)N1CC(=O)N1CCNCC1.Cl. The third-order valence-electron chi connectivity index (χ3n) is 5.34.